The van der Waals surface area contributed by atoms with Crippen molar-refractivity contribution in [2.24, 2.45) is 0 Å². The predicted molar refractivity (Wildman–Crippen MR) is 87.1 cm³/mol. The van der Waals surface area contributed by atoms with Crippen LogP contribution in [0.15, 0.2) is 35.6 Å². The van der Waals surface area contributed by atoms with E-state index in [0.29, 0.717) is 18.2 Å². The first-order chi connectivity index (χ1) is 10.8. The van der Waals surface area contributed by atoms with Gasteiger partial charge in [0.25, 0.3) is 0 Å². The number of hydrogen-bond acceptors (Lipinski definition) is 6. The summed E-state index contributed by atoms with van der Waals surface area (Å²) in [4.78, 5) is 12.7. The Morgan fingerprint density at radius 1 is 1.17 bits per heavy atom. The van der Waals surface area contributed by atoms with E-state index in [9.17, 15) is 8.42 Å². The van der Waals surface area contributed by atoms with Crippen molar-refractivity contribution >= 4 is 21.3 Å². The molecule has 0 radical (unpaired) electrons. The molecule has 0 unspecified atom stereocenters. The van der Waals surface area contributed by atoms with E-state index in [0.717, 1.165) is 23.2 Å². The zero-order chi connectivity index (χ0) is 16.6. The summed E-state index contributed by atoms with van der Waals surface area (Å²) in [5.41, 5.74) is 2.78. The zero-order valence-corrected chi connectivity index (χ0v) is 13.9. The van der Waals surface area contributed by atoms with Crippen LogP contribution in [0.1, 0.15) is 17.1 Å². The standard InChI is InChI=1S/C15H17N5O2S/c1-10-4-5-14-19-12(9-20(14)8-10)6-17-15-13(23(3,21)22)7-16-11(2)18-15/h4-5,7-9H,6H2,1-3H3,(H,16,17,18). The molecule has 0 atom stereocenters. The Kier molecular flexibility index (Phi) is 3.77. The summed E-state index contributed by atoms with van der Waals surface area (Å²) in [5.74, 6) is 0.804. The quantitative estimate of drug-likeness (QED) is 0.783. The van der Waals surface area contributed by atoms with Crippen molar-refractivity contribution in [2.75, 3.05) is 11.6 Å². The van der Waals surface area contributed by atoms with Gasteiger partial charge in [-0.25, -0.2) is 23.4 Å². The maximum absolute atomic E-state index is 11.8. The maximum atomic E-state index is 11.8. The Labute approximate surface area is 134 Å². The minimum atomic E-state index is -3.40. The summed E-state index contributed by atoms with van der Waals surface area (Å²) in [7, 11) is -3.40. The van der Waals surface area contributed by atoms with Crippen molar-refractivity contribution < 1.29 is 8.42 Å². The summed E-state index contributed by atoms with van der Waals surface area (Å²) in [6, 6.07) is 3.94. The first-order valence-electron chi connectivity index (χ1n) is 7.05. The molecule has 1 N–H and O–H groups in total. The second-order valence-electron chi connectivity index (χ2n) is 5.46. The van der Waals surface area contributed by atoms with Gasteiger partial charge in [0.15, 0.2) is 9.84 Å². The molecule has 8 heteroatoms. The van der Waals surface area contributed by atoms with Crippen LogP contribution in [0.2, 0.25) is 0 Å². The first-order valence-corrected chi connectivity index (χ1v) is 8.94. The van der Waals surface area contributed by atoms with Crippen LogP contribution < -0.4 is 5.32 Å². The topological polar surface area (TPSA) is 89.2 Å². The van der Waals surface area contributed by atoms with Crippen LogP contribution in [-0.2, 0) is 16.4 Å². The molecule has 0 saturated carbocycles. The van der Waals surface area contributed by atoms with Gasteiger partial charge in [-0.05, 0) is 25.5 Å². The van der Waals surface area contributed by atoms with E-state index >= 15 is 0 Å². The van der Waals surface area contributed by atoms with Crippen LogP contribution in [0.25, 0.3) is 5.65 Å². The molecule has 0 amide bonds. The molecule has 3 aromatic heterocycles. The van der Waals surface area contributed by atoms with Gasteiger partial charge in [0.1, 0.15) is 22.2 Å². The zero-order valence-electron chi connectivity index (χ0n) is 13.1. The van der Waals surface area contributed by atoms with Crippen molar-refractivity contribution in [3.8, 4) is 0 Å². The number of hydrogen-bond donors (Lipinski definition) is 1. The van der Waals surface area contributed by atoms with Gasteiger partial charge in [-0.1, -0.05) is 6.07 Å². The van der Waals surface area contributed by atoms with Gasteiger partial charge in [-0.2, -0.15) is 0 Å². The maximum Gasteiger partial charge on any atom is 0.180 e. The number of aromatic nitrogens is 4. The number of imidazole rings is 1. The molecule has 0 aliphatic rings. The Hall–Kier alpha value is -2.48. The third-order valence-electron chi connectivity index (χ3n) is 3.36. The van der Waals surface area contributed by atoms with Gasteiger partial charge < -0.3 is 9.72 Å². The lowest BCUT2D eigenvalue weighted by Gasteiger charge is -2.08. The van der Waals surface area contributed by atoms with Crippen molar-refractivity contribution in [2.45, 2.75) is 25.3 Å². The lowest BCUT2D eigenvalue weighted by atomic mass is 10.3. The molecule has 3 aromatic rings. The molecule has 3 rings (SSSR count). The second kappa shape index (κ2) is 5.62. The summed E-state index contributed by atoms with van der Waals surface area (Å²) in [6.07, 6.45) is 6.36. The summed E-state index contributed by atoms with van der Waals surface area (Å²) < 4.78 is 25.6. The van der Waals surface area contributed by atoms with E-state index in [1.807, 2.05) is 35.9 Å². The van der Waals surface area contributed by atoms with Crippen molar-refractivity contribution in [1.29, 1.82) is 0 Å². The minimum absolute atomic E-state index is 0.0858. The van der Waals surface area contributed by atoms with E-state index < -0.39 is 9.84 Å². The first kappa shape index (κ1) is 15.4. The molecular weight excluding hydrogens is 314 g/mol. The fraction of sp³-hybridized carbons (Fsp3) is 0.267. The molecule has 7 nitrogen and oxygen atoms in total. The van der Waals surface area contributed by atoms with Gasteiger partial charge in [-0.15, -0.1) is 0 Å². The highest BCUT2D eigenvalue weighted by Crippen LogP contribution is 2.18. The molecule has 0 aliphatic heterocycles. The summed E-state index contributed by atoms with van der Waals surface area (Å²) in [5, 5.41) is 3.05. The molecule has 0 spiro atoms. The molecular formula is C15H17N5O2S. The number of anilines is 1. The normalized spacial score (nSPS) is 11.8. The molecule has 0 aliphatic carbocycles. The third-order valence-corrected chi connectivity index (χ3v) is 4.46. The number of nitrogens with zero attached hydrogens (tertiary/aromatic N) is 4. The summed E-state index contributed by atoms with van der Waals surface area (Å²) in [6.45, 7) is 4.10. The predicted octanol–water partition coefficient (Wildman–Crippen LogP) is 1.76. The number of fused-ring (bicyclic) bond motifs is 1. The van der Waals surface area contributed by atoms with Gasteiger partial charge >= 0.3 is 0 Å². The van der Waals surface area contributed by atoms with Crippen LogP contribution in [0, 0.1) is 13.8 Å². The highest BCUT2D eigenvalue weighted by molar-refractivity contribution is 7.90. The highest BCUT2D eigenvalue weighted by atomic mass is 32.2. The van der Waals surface area contributed by atoms with Gasteiger partial charge in [0.05, 0.1) is 18.4 Å². The lowest BCUT2D eigenvalue weighted by molar-refractivity contribution is 0.601. The molecule has 3 heterocycles. The number of nitrogens with one attached hydrogen (secondary N) is 1. The molecule has 0 fully saturated rings. The average molecular weight is 331 g/mol. The van der Waals surface area contributed by atoms with Crippen LogP contribution in [0.3, 0.4) is 0 Å². The van der Waals surface area contributed by atoms with Crippen LogP contribution in [0.4, 0.5) is 5.82 Å². The molecule has 120 valence electrons. The van der Waals surface area contributed by atoms with Gasteiger partial charge in [0, 0.05) is 18.6 Å². The molecule has 0 saturated heterocycles. The van der Waals surface area contributed by atoms with E-state index in [-0.39, 0.29) is 4.90 Å². The lowest BCUT2D eigenvalue weighted by Crippen LogP contribution is -2.10. The fourth-order valence-electron chi connectivity index (χ4n) is 2.27. The minimum Gasteiger partial charge on any atom is -0.363 e. The Bertz CT molecular complexity index is 979. The van der Waals surface area contributed by atoms with Crippen LogP contribution in [-0.4, -0.2) is 34.0 Å². The number of rotatable bonds is 4. The Morgan fingerprint density at radius 2 is 1.96 bits per heavy atom. The third kappa shape index (κ3) is 3.31. The fourth-order valence-corrected chi connectivity index (χ4v) is 2.99. The van der Waals surface area contributed by atoms with Crippen molar-refractivity contribution in [1.82, 2.24) is 19.4 Å². The number of pyridine rings is 1. The van der Waals surface area contributed by atoms with Crippen molar-refractivity contribution in [3.05, 3.63) is 47.8 Å². The highest BCUT2D eigenvalue weighted by Gasteiger charge is 2.16. The van der Waals surface area contributed by atoms with Crippen molar-refractivity contribution in [3.63, 3.8) is 0 Å². The Balaban J connectivity index is 1.89. The number of aryl methyl sites for hydroxylation is 2. The van der Waals surface area contributed by atoms with E-state index in [1.54, 1.807) is 6.92 Å². The SMILES string of the molecule is Cc1ccc2nc(CNc3nc(C)ncc3S(C)(=O)=O)cn2c1. The van der Waals surface area contributed by atoms with E-state index in [2.05, 4.69) is 20.3 Å². The smallest absolute Gasteiger partial charge is 0.180 e. The average Bonchev–Trinajstić information content (AvgIpc) is 2.85. The van der Waals surface area contributed by atoms with Crippen LogP contribution in [0.5, 0.6) is 0 Å². The Morgan fingerprint density at radius 3 is 2.70 bits per heavy atom. The molecule has 0 aromatic carbocycles. The van der Waals surface area contributed by atoms with Crippen LogP contribution >= 0.6 is 0 Å². The second-order valence-corrected chi connectivity index (χ2v) is 7.44. The largest absolute Gasteiger partial charge is 0.363 e. The monoisotopic (exact) mass is 331 g/mol. The van der Waals surface area contributed by atoms with Gasteiger partial charge in [0.2, 0.25) is 0 Å². The number of sulfone groups is 1. The van der Waals surface area contributed by atoms with E-state index in [1.165, 1.54) is 6.20 Å². The molecule has 0 bridgehead atoms. The van der Waals surface area contributed by atoms with E-state index in [4.69, 9.17) is 0 Å². The van der Waals surface area contributed by atoms with Gasteiger partial charge in [-0.3, -0.25) is 0 Å². The molecule has 23 heavy (non-hydrogen) atoms. The summed E-state index contributed by atoms with van der Waals surface area (Å²) >= 11 is 0.